The average molecular weight is 409 g/mol. The standard InChI is InChI=1S/C26H36N2O2/c1-6-24(26(30)27-18-19(2)3)28(13-12-22-10-8-7-9-11-22)25(29)17-23-15-20(4)14-21(5)16-23/h7-11,14-16,19,24H,6,12-13,17-18H2,1-5H3,(H,27,30). The number of amides is 2. The SMILES string of the molecule is CCC(C(=O)NCC(C)C)N(CCc1ccccc1)C(=O)Cc1cc(C)cc(C)c1. The van der Waals surface area contributed by atoms with E-state index in [1.165, 1.54) is 5.56 Å². The van der Waals surface area contributed by atoms with Gasteiger partial charge in [-0.2, -0.15) is 0 Å². The van der Waals surface area contributed by atoms with Crippen LogP contribution in [0.2, 0.25) is 0 Å². The lowest BCUT2D eigenvalue weighted by molar-refractivity contribution is -0.140. The minimum Gasteiger partial charge on any atom is -0.354 e. The van der Waals surface area contributed by atoms with Crippen LogP contribution in [-0.2, 0) is 22.4 Å². The van der Waals surface area contributed by atoms with Gasteiger partial charge in [0.2, 0.25) is 11.8 Å². The molecule has 4 nitrogen and oxygen atoms in total. The number of benzene rings is 2. The molecule has 0 bridgehead atoms. The molecule has 0 fully saturated rings. The van der Waals surface area contributed by atoms with Crippen LogP contribution in [0.15, 0.2) is 48.5 Å². The van der Waals surface area contributed by atoms with Crippen LogP contribution in [0.4, 0.5) is 0 Å². The van der Waals surface area contributed by atoms with Gasteiger partial charge in [0.05, 0.1) is 6.42 Å². The van der Waals surface area contributed by atoms with E-state index >= 15 is 0 Å². The lowest BCUT2D eigenvalue weighted by Gasteiger charge is -2.31. The summed E-state index contributed by atoms with van der Waals surface area (Å²) < 4.78 is 0. The molecule has 1 N–H and O–H groups in total. The first-order valence-electron chi connectivity index (χ1n) is 11.0. The van der Waals surface area contributed by atoms with Gasteiger partial charge in [0.15, 0.2) is 0 Å². The highest BCUT2D eigenvalue weighted by Crippen LogP contribution is 2.14. The molecule has 0 aliphatic heterocycles. The molecule has 0 heterocycles. The number of nitrogens with one attached hydrogen (secondary N) is 1. The van der Waals surface area contributed by atoms with Crippen LogP contribution in [0.1, 0.15) is 49.4 Å². The largest absolute Gasteiger partial charge is 0.354 e. The molecule has 0 saturated carbocycles. The van der Waals surface area contributed by atoms with Gasteiger partial charge in [-0.05, 0) is 43.7 Å². The molecule has 1 atom stereocenters. The molecule has 4 heteroatoms. The minimum atomic E-state index is -0.453. The number of carbonyl (C=O) groups excluding carboxylic acids is 2. The zero-order chi connectivity index (χ0) is 22.1. The summed E-state index contributed by atoms with van der Waals surface area (Å²) in [6, 6.07) is 15.9. The fourth-order valence-electron chi connectivity index (χ4n) is 3.77. The summed E-state index contributed by atoms with van der Waals surface area (Å²) in [4.78, 5) is 28.0. The zero-order valence-electron chi connectivity index (χ0n) is 19.1. The van der Waals surface area contributed by atoms with E-state index in [0.29, 0.717) is 31.8 Å². The molecule has 0 spiro atoms. The molecular formula is C26H36N2O2. The van der Waals surface area contributed by atoms with Gasteiger partial charge in [-0.15, -0.1) is 0 Å². The first-order chi connectivity index (χ1) is 14.3. The second-order valence-electron chi connectivity index (χ2n) is 8.56. The monoisotopic (exact) mass is 408 g/mol. The van der Waals surface area contributed by atoms with Crippen LogP contribution >= 0.6 is 0 Å². The highest BCUT2D eigenvalue weighted by atomic mass is 16.2. The van der Waals surface area contributed by atoms with Crippen molar-refractivity contribution in [2.75, 3.05) is 13.1 Å². The van der Waals surface area contributed by atoms with Crippen molar-refractivity contribution in [3.63, 3.8) is 0 Å². The maximum absolute atomic E-state index is 13.3. The van der Waals surface area contributed by atoms with Gasteiger partial charge >= 0.3 is 0 Å². The van der Waals surface area contributed by atoms with Crippen molar-refractivity contribution in [2.45, 2.75) is 59.9 Å². The van der Waals surface area contributed by atoms with Crippen molar-refractivity contribution in [2.24, 2.45) is 5.92 Å². The van der Waals surface area contributed by atoms with Crippen LogP contribution in [0.25, 0.3) is 0 Å². The Morgan fingerprint density at radius 1 is 0.967 bits per heavy atom. The summed E-state index contributed by atoms with van der Waals surface area (Å²) in [6.07, 6.45) is 1.63. The Bertz CT molecular complexity index is 810. The molecule has 2 aromatic carbocycles. The molecule has 0 aromatic heterocycles. The van der Waals surface area contributed by atoms with Crippen molar-refractivity contribution in [3.8, 4) is 0 Å². The third kappa shape index (κ3) is 7.33. The Balaban J connectivity index is 2.21. The zero-order valence-corrected chi connectivity index (χ0v) is 19.1. The predicted octanol–water partition coefficient (Wildman–Crippen LogP) is 4.47. The van der Waals surface area contributed by atoms with Crippen LogP contribution in [-0.4, -0.2) is 35.8 Å². The Labute approximate surface area is 181 Å². The Morgan fingerprint density at radius 3 is 2.17 bits per heavy atom. The van der Waals surface area contributed by atoms with E-state index in [-0.39, 0.29) is 11.8 Å². The predicted molar refractivity (Wildman–Crippen MR) is 123 cm³/mol. The number of hydrogen-bond donors (Lipinski definition) is 1. The quantitative estimate of drug-likeness (QED) is 0.631. The Kier molecular flexibility index (Phi) is 9.10. The number of hydrogen-bond acceptors (Lipinski definition) is 2. The van der Waals surface area contributed by atoms with E-state index in [1.54, 1.807) is 4.90 Å². The third-order valence-corrected chi connectivity index (χ3v) is 5.19. The first kappa shape index (κ1) is 23.7. The van der Waals surface area contributed by atoms with Gasteiger partial charge in [0.1, 0.15) is 6.04 Å². The molecule has 0 saturated heterocycles. The van der Waals surface area contributed by atoms with Crippen LogP contribution in [0.3, 0.4) is 0 Å². The molecule has 0 radical (unpaired) electrons. The van der Waals surface area contributed by atoms with Crippen molar-refractivity contribution in [1.82, 2.24) is 10.2 Å². The molecule has 2 aromatic rings. The Hall–Kier alpha value is -2.62. The molecule has 0 aliphatic rings. The summed E-state index contributed by atoms with van der Waals surface area (Å²) in [5.41, 5.74) is 4.46. The van der Waals surface area contributed by atoms with Gasteiger partial charge in [0.25, 0.3) is 0 Å². The number of rotatable bonds is 10. The minimum absolute atomic E-state index is 0.00229. The van der Waals surface area contributed by atoms with Crippen LogP contribution in [0.5, 0.6) is 0 Å². The molecule has 2 amide bonds. The van der Waals surface area contributed by atoms with Crippen molar-refractivity contribution in [1.29, 1.82) is 0 Å². The van der Waals surface area contributed by atoms with Crippen molar-refractivity contribution >= 4 is 11.8 Å². The van der Waals surface area contributed by atoms with Crippen LogP contribution < -0.4 is 5.32 Å². The summed E-state index contributed by atoms with van der Waals surface area (Å²) in [5.74, 6) is 0.311. The van der Waals surface area contributed by atoms with Gasteiger partial charge in [0, 0.05) is 13.1 Å². The van der Waals surface area contributed by atoms with E-state index in [2.05, 4.69) is 49.5 Å². The fourth-order valence-corrected chi connectivity index (χ4v) is 3.77. The molecule has 1 unspecified atom stereocenters. The van der Waals surface area contributed by atoms with Gasteiger partial charge in [-0.1, -0.05) is 80.4 Å². The van der Waals surface area contributed by atoms with E-state index in [4.69, 9.17) is 0 Å². The fraction of sp³-hybridized carbons (Fsp3) is 0.462. The lowest BCUT2D eigenvalue weighted by Crippen LogP contribution is -2.51. The molecular weight excluding hydrogens is 372 g/mol. The van der Waals surface area contributed by atoms with Gasteiger partial charge < -0.3 is 10.2 Å². The summed E-state index contributed by atoms with van der Waals surface area (Å²) in [6.45, 7) is 11.3. The number of nitrogens with zero attached hydrogens (tertiary/aromatic N) is 1. The summed E-state index contributed by atoms with van der Waals surface area (Å²) in [7, 11) is 0. The lowest BCUT2D eigenvalue weighted by atomic mass is 10.0. The smallest absolute Gasteiger partial charge is 0.242 e. The van der Waals surface area contributed by atoms with Crippen molar-refractivity contribution < 1.29 is 9.59 Å². The maximum Gasteiger partial charge on any atom is 0.242 e. The first-order valence-corrected chi connectivity index (χ1v) is 11.0. The molecule has 2 rings (SSSR count). The third-order valence-electron chi connectivity index (χ3n) is 5.19. The van der Waals surface area contributed by atoms with E-state index in [0.717, 1.165) is 23.1 Å². The van der Waals surface area contributed by atoms with Gasteiger partial charge in [-0.3, -0.25) is 9.59 Å². The molecule has 30 heavy (non-hydrogen) atoms. The van der Waals surface area contributed by atoms with Gasteiger partial charge in [-0.25, -0.2) is 0 Å². The second-order valence-corrected chi connectivity index (χ2v) is 8.56. The summed E-state index contributed by atoms with van der Waals surface area (Å²) in [5, 5.41) is 3.02. The van der Waals surface area contributed by atoms with Crippen LogP contribution in [0, 0.1) is 19.8 Å². The average Bonchev–Trinajstić information content (AvgIpc) is 2.69. The molecule has 162 valence electrons. The molecule has 0 aliphatic carbocycles. The normalized spacial score (nSPS) is 11.9. The topological polar surface area (TPSA) is 49.4 Å². The Morgan fingerprint density at radius 2 is 1.60 bits per heavy atom. The highest BCUT2D eigenvalue weighted by molar-refractivity contribution is 5.88. The highest BCUT2D eigenvalue weighted by Gasteiger charge is 2.28. The van der Waals surface area contributed by atoms with Crippen molar-refractivity contribution in [3.05, 3.63) is 70.8 Å². The van der Waals surface area contributed by atoms with E-state index in [1.807, 2.05) is 39.0 Å². The number of carbonyl (C=O) groups is 2. The number of aryl methyl sites for hydroxylation is 2. The van der Waals surface area contributed by atoms with E-state index < -0.39 is 6.04 Å². The second kappa shape index (κ2) is 11.5. The summed E-state index contributed by atoms with van der Waals surface area (Å²) >= 11 is 0. The maximum atomic E-state index is 13.3. The van der Waals surface area contributed by atoms with E-state index in [9.17, 15) is 9.59 Å².